The summed E-state index contributed by atoms with van der Waals surface area (Å²) in [6, 6.07) is 7.02. The second-order valence-corrected chi connectivity index (χ2v) is 4.06. The Hall–Kier alpha value is -1.85. The maximum atomic E-state index is 12.1. The van der Waals surface area contributed by atoms with Gasteiger partial charge in [-0.25, -0.2) is 0 Å². The molecule has 1 amide bonds. The van der Waals surface area contributed by atoms with Gasteiger partial charge >= 0.3 is 0 Å². The Morgan fingerprint density at radius 3 is 3.06 bits per heavy atom. The topological polar surface area (TPSA) is 74.3 Å². The van der Waals surface area contributed by atoms with Crippen molar-refractivity contribution in [2.75, 3.05) is 20.3 Å². The second kappa shape index (κ2) is 5.66. The number of ether oxygens (including phenoxy) is 1. The van der Waals surface area contributed by atoms with E-state index in [-0.39, 0.29) is 19.1 Å². The summed E-state index contributed by atoms with van der Waals surface area (Å²) in [5, 5.41) is 12.8. The Kier molecular flexibility index (Phi) is 3.96. The number of fused-ring (bicyclic) bond motifs is 1. The van der Waals surface area contributed by atoms with Gasteiger partial charge in [-0.1, -0.05) is 12.1 Å². The van der Waals surface area contributed by atoms with E-state index in [4.69, 9.17) is 9.84 Å². The van der Waals surface area contributed by atoms with Gasteiger partial charge in [0, 0.05) is 18.7 Å². The van der Waals surface area contributed by atoms with Crippen molar-refractivity contribution in [1.29, 1.82) is 0 Å². The van der Waals surface area contributed by atoms with Gasteiger partial charge < -0.3 is 20.1 Å². The Labute approximate surface area is 105 Å². The fraction of sp³-hybridized carbons (Fsp3) is 0.308. The van der Waals surface area contributed by atoms with Crippen molar-refractivity contribution in [3.05, 3.63) is 36.0 Å². The van der Waals surface area contributed by atoms with Gasteiger partial charge in [0.2, 0.25) is 0 Å². The SMILES string of the molecule is COCC(CO)NC(=O)c1cccc2cc[nH]c12. The summed E-state index contributed by atoms with van der Waals surface area (Å²) in [6.07, 6.45) is 1.79. The van der Waals surface area contributed by atoms with E-state index in [0.29, 0.717) is 5.56 Å². The fourth-order valence-corrected chi connectivity index (χ4v) is 1.88. The lowest BCUT2D eigenvalue weighted by atomic mass is 10.1. The summed E-state index contributed by atoms with van der Waals surface area (Å²) in [7, 11) is 1.53. The number of para-hydroxylation sites is 1. The highest BCUT2D eigenvalue weighted by Gasteiger charge is 2.15. The summed E-state index contributed by atoms with van der Waals surface area (Å²) in [5.41, 5.74) is 1.36. The molecule has 1 aromatic carbocycles. The molecular formula is C13H16N2O3. The van der Waals surface area contributed by atoms with Crippen LogP contribution in [0, 0.1) is 0 Å². The molecule has 0 saturated carbocycles. The molecule has 1 heterocycles. The molecule has 0 aliphatic rings. The van der Waals surface area contributed by atoms with Gasteiger partial charge in [-0.15, -0.1) is 0 Å². The van der Waals surface area contributed by atoms with Crippen molar-refractivity contribution in [2.45, 2.75) is 6.04 Å². The van der Waals surface area contributed by atoms with Gasteiger partial charge in [-0.2, -0.15) is 0 Å². The first kappa shape index (κ1) is 12.6. The maximum absolute atomic E-state index is 12.1. The van der Waals surface area contributed by atoms with E-state index in [0.717, 1.165) is 10.9 Å². The zero-order valence-corrected chi connectivity index (χ0v) is 10.1. The van der Waals surface area contributed by atoms with Gasteiger partial charge in [0.25, 0.3) is 5.91 Å². The predicted molar refractivity (Wildman–Crippen MR) is 68.5 cm³/mol. The highest BCUT2D eigenvalue weighted by Crippen LogP contribution is 2.16. The first-order chi connectivity index (χ1) is 8.76. The van der Waals surface area contributed by atoms with Crippen molar-refractivity contribution in [3.8, 4) is 0 Å². The third-order valence-electron chi connectivity index (χ3n) is 2.76. The van der Waals surface area contributed by atoms with Crippen LogP contribution in [0.25, 0.3) is 10.9 Å². The van der Waals surface area contributed by atoms with Gasteiger partial charge in [0.1, 0.15) is 0 Å². The minimum atomic E-state index is -0.396. The molecule has 5 heteroatoms. The van der Waals surface area contributed by atoms with Crippen LogP contribution in [0.5, 0.6) is 0 Å². The van der Waals surface area contributed by atoms with E-state index >= 15 is 0 Å². The van der Waals surface area contributed by atoms with E-state index in [1.165, 1.54) is 7.11 Å². The molecule has 18 heavy (non-hydrogen) atoms. The number of hydrogen-bond donors (Lipinski definition) is 3. The molecule has 1 aromatic heterocycles. The van der Waals surface area contributed by atoms with Gasteiger partial charge in [0.15, 0.2) is 0 Å². The standard InChI is InChI=1S/C13H16N2O3/c1-18-8-10(7-16)15-13(17)11-4-2-3-9-5-6-14-12(9)11/h2-6,10,14,16H,7-8H2,1H3,(H,15,17). The molecule has 5 nitrogen and oxygen atoms in total. The van der Waals surface area contributed by atoms with Crippen LogP contribution < -0.4 is 5.32 Å². The van der Waals surface area contributed by atoms with Crippen LogP contribution in [-0.4, -0.2) is 42.4 Å². The van der Waals surface area contributed by atoms with Crippen molar-refractivity contribution in [3.63, 3.8) is 0 Å². The smallest absolute Gasteiger partial charge is 0.253 e. The number of methoxy groups -OCH3 is 1. The van der Waals surface area contributed by atoms with Gasteiger partial charge in [-0.3, -0.25) is 4.79 Å². The van der Waals surface area contributed by atoms with Crippen molar-refractivity contribution >= 4 is 16.8 Å². The van der Waals surface area contributed by atoms with Crippen LogP contribution in [0.1, 0.15) is 10.4 Å². The lowest BCUT2D eigenvalue weighted by molar-refractivity contribution is 0.0841. The van der Waals surface area contributed by atoms with Crippen LogP contribution >= 0.6 is 0 Å². The molecule has 3 N–H and O–H groups in total. The van der Waals surface area contributed by atoms with Crippen molar-refractivity contribution < 1.29 is 14.6 Å². The summed E-state index contributed by atoms with van der Waals surface area (Å²) in [4.78, 5) is 15.1. The number of aromatic nitrogens is 1. The third kappa shape index (κ3) is 2.52. The number of carbonyl (C=O) groups excluding carboxylic acids is 1. The largest absolute Gasteiger partial charge is 0.394 e. The molecule has 2 aromatic rings. The molecule has 2 rings (SSSR count). The maximum Gasteiger partial charge on any atom is 0.253 e. The molecule has 0 fully saturated rings. The first-order valence-corrected chi connectivity index (χ1v) is 5.73. The predicted octanol–water partition coefficient (Wildman–Crippen LogP) is 0.905. The van der Waals surface area contributed by atoms with Crippen LogP contribution in [0.4, 0.5) is 0 Å². The van der Waals surface area contributed by atoms with E-state index < -0.39 is 6.04 Å². The van der Waals surface area contributed by atoms with Crippen molar-refractivity contribution in [2.24, 2.45) is 0 Å². The van der Waals surface area contributed by atoms with Crippen LogP contribution in [0.2, 0.25) is 0 Å². The molecule has 0 aliphatic carbocycles. The Morgan fingerprint density at radius 2 is 2.33 bits per heavy atom. The summed E-state index contributed by atoms with van der Waals surface area (Å²) in [6.45, 7) is 0.128. The van der Waals surface area contributed by atoms with E-state index in [1.54, 1.807) is 12.3 Å². The van der Waals surface area contributed by atoms with Crippen LogP contribution in [-0.2, 0) is 4.74 Å². The zero-order valence-electron chi connectivity index (χ0n) is 10.1. The molecule has 0 bridgehead atoms. The van der Waals surface area contributed by atoms with Gasteiger partial charge in [-0.05, 0) is 12.1 Å². The number of aliphatic hydroxyl groups excluding tert-OH is 1. The van der Waals surface area contributed by atoms with Gasteiger partial charge in [0.05, 0.1) is 30.3 Å². The molecule has 0 radical (unpaired) electrons. The lowest BCUT2D eigenvalue weighted by Crippen LogP contribution is -2.40. The third-order valence-corrected chi connectivity index (χ3v) is 2.76. The highest BCUT2D eigenvalue weighted by atomic mass is 16.5. The molecule has 0 spiro atoms. The normalized spacial score (nSPS) is 12.6. The highest BCUT2D eigenvalue weighted by molar-refractivity contribution is 6.05. The first-order valence-electron chi connectivity index (χ1n) is 5.73. The van der Waals surface area contributed by atoms with Crippen LogP contribution in [0.3, 0.4) is 0 Å². The number of nitrogens with one attached hydrogen (secondary N) is 2. The molecular weight excluding hydrogens is 232 g/mol. The second-order valence-electron chi connectivity index (χ2n) is 4.06. The van der Waals surface area contributed by atoms with Crippen molar-refractivity contribution in [1.82, 2.24) is 10.3 Å². The summed E-state index contributed by atoms with van der Waals surface area (Å²) in [5.74, 6) is -0.223. The number of benzene rings is 1. The Bertz CT molecular complexity index is 536. The minimum absolute atomic E-state index is 0.152. The molecule has 0 aliphatic heterocycles. The monoisotopic (exact) mass is 248 g/mol. The Balaban J connectivity index is 2.20. The molecule has 0 saturated heterocycles. The summed E-state index contributed by atoms with van der Waals surface area (Å²) < 4.78 is 4.92. The fourth-order valence-electron chi connectivity index (χ4n) is 1.88. The number of amides is 1. The molecule has 1 unspecified atom stereocenters. The minimum Gasteiger partial charge on any atom is -0.394 e. The number of hydrogen-bond acceptors (Lipinski definition) is 3. The molecule has 1 atom stereocenters. The van der Waals surface area contributed by atoms with E-state index in [9.17, 15) is 4.79 Å². The number of H-pyrrole nitrogens is 1. The quantitative estimate of drug-likeness (QED) is 0.736. The summed E-state index contributed by atoms with van der Waals surface area (Å²) >= 11 is 0. The van der Waals surface area contributed by atoms with E-state index in [2.05, 4.69) is 10.3 Å². The number of rotatable bonds is 5. The lowest BCUT2D eigenvalue weighted by Gasteiger charge is -2.15. The average molecular weight is 248 g/mol. The molecule has 96 valence electrons. The van der Waals surface area contributed by atoms with E-state index in [1.807, 2.05) is 18.2 Å². The number of aliphatic hydroxyl groups is 1. The number of carbonyl (C=O) groups is 1. The Morgan fingerprint density at radius 1 is 1.50 bits per heavy atom. The average Bonchev–Trinajstić information content (AvgIpc) is 2.85. The zero-order chi connectivity index (χ0) is 13.0. The van der Waals surface area contributed by atoms with Crippen LogP contribution in [0.15, 0.2) is 30.5 Å². The number of aromatic amines is 1.